The van der Waals surface area contributed by atoms with Gasteiger partial charge in [-0.2, -0.15) is 0 Å². The number of rotatable bonds is 2. The maximum atomic E-state index is 11.6. The first-order chi connectivity index (χ1) is 8.83. The van der Waals surface area contributed by atoms with Crippen LogP contribution in [-0.4, -0.2) is 35.8 Å². The van der Waals surface area contributed by atoms with Crippen LogP contribution in [0, 0.1) is 0 Å². The number of alkyl carbamates (subject to hydrolysis) is 1. The quantitative estimate of drug-likeness (QED) is 0.906. The van der Waals surface area contributed by atoms with E-state index in [4.69, 9.17) is 16.3 Å². The van der Waals surface area contributed by atoms with Gasteiger partial charge in [0.15, 0.2) is 0 Å². The van der Waals surface area contributed by atoms with Crippen LogP contribution in [-0.2, 0) is 4.74 Å². The monoisotopic (exact) mass is 283 g/mol. The topological polar surface area (TPSA) is 54.5 Å². The first-order valence-corrected chi connectivity index (χ1v) is 6.57. The van der Waals surface area contributed by atoms with Crippen molar-refractivity contribution in [2.75, 3.05) is 18.0 Å². The Morgan fingerprint density at radius 1 is 1.47 bits per heavy atom. The molecule has 5 nitrogen and oxygen atoms in total. The van der Waals surface area contributed by atoms with Crippen LogP contribution in [0.15, 0.2) is 18.3 Å². The van der Waals surface area contributed by atoms with Gasteiger partial charge in [-0.25, -0.2) is 9.78 Å². The molecule has 1 amide bonds. The fourth-order valence-electron chi connectivity index (χ4n) is 1.79. The zero-order valence-corrected chi connectivity index (χ0v) is 12.1. The average Bonchev–Trinajstić information content (AvgIpc) is 2.22. The maximum absolute atomic E-state index is 11.6. The van der Waals surface area contributed by atoms with Crippen LogP contribution in [0.2, 0.25) is 5.02 Å². The molecule has 0 unspecified atom stereocenters. The van der Waals surface area contributed by atoms with Crippen molar-refractivity contribution in [1.29, 1.82) is 0 Å². The number of hydrogen-bond donors (Lipinski definition) is 1. The standard InChI is InChI=1S/C13H18ClN3O2/c1-13(2,3)19-12(18)16-10-7-17(8-10)11-5-4-9(14)6-15-11/h4-6,10H,7-8H2,1-3H3,(H,16,18). The minimum absolute atomic E-state index is 0.104. The number of hydrogen-bond acceptors (Lipinski definition) is 4. The Hall–Kier alpha value is -1.49. The Kier molecular flexibility index (Phi) is 3.85. The van der Waals surface area contributed by atoms with Gasteiger partial charge in [0, 0.05) is 19.3 Å². The lowest BCUT2D eigenvalue weighted by Crippen LogP contribution is -2.60. The summed E-state index contributed by atoms with van der Waals surface area (Å²) in [5.74, 6) is 0.867. The van der Waals surface area contributed by atoms with Gasteiger partial charge in [0.25, 0.3) is 0 Å². The smallest absolute Gasteiger partial charge is 0.407 e. The van der Waals surface area contributed by atoms with Crippen LogP contribution in [0.1, 0.15) is 20.8 Å². The first-order valence-electron chi connectivity index (χ1n) is 6.19. The van der Waals surface area contributed by atoms with Gasteiger partial charge in [-0.3, -0.25) is 0 Å². The third kappa shape index (κ3) is 3.99. The summed E-state index contributed by atoms with van der Waals surface area (Å²) in [6.07, 6.45) is 1.24. The van der Waals surface area contributed by atoms with E-state index in [1.54, 1.807) is 12.3 Å². The summed E-state index contributed by atoms with van der Waals surface area (Å²) in [5, 5.41) is 3.45. The van der Waals surface area contributed by atoms with E-state index >= 15 is 0 Å². The van der Waals surface area contributed by atoms with E-state index in [0.717, 1.165) is 18.9 Å². The first kappa shape index (κ1) is 13.9. The number of halogens is 1. The molecule has 0 spiro atoms. The second kappa shape index (κ2) is 5.25. The highest BCUT2D eigenvalue weighted by atomic mass is 35.5. The largest absolute Gasteiger partial charge is 0.444 e. The molecule has 1 aromatic rings. The zero-order valence-electron chi connectivity index (χ0n) is 11.3. The highest BCUT2D eigenvalue weighted by Gasteiger charge is 2.30. The Labute approximate surface area is 117 Å². The van der Waals surface area contributed by atoms with Gasteiger partial charge in [-0.15, -0.1) is 0 Å². The van der Waals surface area contributed by atoms with Crippen LogP contribution in [0.3, 0.4) is 0 Å². The number of amides is 1. The number of aromatic nitrogens is 1. The van der Waals surface area contributed by atoms with Crippen LogP contribution < -0.4 is 10.2 Å². The summed E-state index contributed by atoms with van der Waals surface area (Å²) in [4.78, 5) is 17.9. The summed E-state index contributed by atoms with van der Waals surface area (Å²) >= 11 is 5.78. The normalized spacial score (nSPS) is 15.9. The van der Waals surface area contributed by atoms with Crippen molar-refractivity contribution in [2.45, 2.75) is 32.4 Å². The molecule has 0 atom stereocenters. The van der Waals surface area contributed by atoms with Crippen molar-refractivity contribution in [3.05, 3.63) is 23.4 Å². The minimum atomic E-state index is -0.467. The van der Waals surface area contributed by atoms with Crippen LogP contribution >= 0.6 is 11.6 Å². The molecular weight excluding hydrogens is 266 g/mol. The Morgan fingerprint density at radius 2 is 2.16 bits per heavy atom. The van der Waals surface area contributed by atoms with Gasteiger partial charge in [-0.05, 0) is 32.9 Å². The number of nitrogens with one attached hydrogen (secondary N) is 1. The highest BCUT2D eigenvalue weighted by Crippen LogP contribution is 2.20. The Balaban J connectivity index is 1.77. The van der Waals surface area contributed by atoms with E-state index < -0.39 is 5.60 Å². The molecule has 0 aromatic carbocycles. The third-order valence-electron chi connectivity index (χ3n) is 2.64. The summed E-state index contributed by atoms with van der Waals surface area (Å²) in [6, 6.07) is 3.78. The molecular formula is C13H18ClN3O2. The van der Waals surface area contributed by atoms with Gasteiger partial charge in [0.05, 0.1) is 11.1 Å². The van der Waals surface area contributed by atoms with Gasteiger partial charge in [0.1, 0.15) is 11.4 Å². The van der Waals surface area contributed by atoms with Crippen molar-refractivity contribution in [2.24, 2.45) is 0 Å². The summed E-state index contributed by atoms with van der Waals surface area (Å²) in [5.41, 5.74) is -0.467. The van der Waals surface area contributed by atoms with E-state index in [0.29, 0.717) is 5.02 Å². The molecule has 1 aliphatic heterocycles. The Morgan fingerprint density at radius 3 is 2.68 bits per heavy atom. The van der Waals surface area contributed by atoms with Gasteiger partial charge >= 0.3 is 6.09 Å². The molecule has 1 saturated heterocycles. The lowest BCUT2D eigenvalue weighted by atomic mass is 10.1. The Bertz CT molecular complexity index is 450. The highest BCUT2D eigenvalue weighted by molar-refractivity contribution is 6.30. The number of pyridine rings is 1. The van der Waals surface area contributed by atoms with Gasteiger partial charge < -0.3 is 15.0 Å². The third-order valence-corrected chi connectivity index (χ3v) is 2.86. The molecule has 1 aliphatic rings. The number of carbonyl (C=O) groups is 1. The molecule has 0 bridgehead atoms. The summed E-state index contributed by atoms with van der Waals surface area (Å²) in [6.45, 7) is 6.99. The zero-order chi connectivity index (χ0) is 14.0. The van der Waals surface area contributed by atoms with Crippen molar-refractivity contribution in [3.63, 3.8) is 0 Å². The van der Waals surface area contributed by atoms with E-state index in [1.807, 2.05) is 26.8 Å². The maximum Gasteiger partial charge on any atom is 0.407 e. The lowest BCUT2D eigenvalue weighted by molar-refractivity contribution is 0.0496. The van der Waals surface area contributed by atoms with E-state index in [2.05, 4.69) is 15.2 Å². The predicted octanol–water partition coefficient (Wildman–Crippen LogP) is 2.45. The fraction of sp³-hybridized carbons (Fsp3) is 0.538. The van der Waals surface area contributed by atoms with Gasteiger partial charge in [0.2, 0.25) is 0 Å². The number of nitrogens with zero attached hydrogens (tertiary/aromatic N) is 2. The van der Waals surface area contributed by atoms with E-state index in [-0.39, 0.29) is 12.1 Å². The molecule has 0 saturated carbocycles. The molecule has 2 heterocycles. The average molecular weight is 284 g/mol. The van der Waals surface area contributed by atoms with Crippen LogP contribution in [0.25, 0.3) is 0 Å². The van der Waals surface area contributed by atoms with Crippen molar-refractivity contribution >= 4 is 23.5 Å². The second-order valence-corrected chi connectivity index (χ2v) is 6.02. The molecule has 0 aliphatic carbocycles. The number of anilines is 1. The van der Waals surface area contributed by atoms with Crippen molar-refractivity contribution < 1.29 is 9.53 Å². The molecule has 1 fully saturated rings. The molecule has 2 rings (SSSR count). The van der Waals surface area contributed by atoms with Crippen molar-refractivity contribution in [1.82, 2.24) is 10.3 Å². The number of ether oxygens (including phenoxy) is 1. The molecule has 6 heteroatoms. The summed E-state index contributed by atoms with van der Waals surface area (Å²) in [7, 11) is 0. The summed E-state index contributed by atoms with van der Waals surface area (Å²) < 4.78 is 5.20. The van der Waals surface area contributed by atoms with Crippen LogP contribution in [0.5, 0.6) is 0 Å². The van der Waals surface area contributed by atoms with Gasteiger partial charge in [-0.1, -0.05) is 11.6 Å². The molecule has 1 aromatic heterocycles. The molecule has 1 N–H and O–H groups in total. The SMILES string of the molecule is CC(C)(C)OC(=O)NC1CN(c2ccc(Cl)cn2)C1. The molecule has 104 valence electrons. The fourth-order valence-corrected chi connectivity index (χ4v) is 1.90. The van der Waals surface area contributed by atoms with E-state index in [9.17, 15) is 4.79 Å². The minimum Gasteiger partial charge on any atom is -0.444 e. The van der Waals surface area contributed by atoms with Crippen molar-refractivity contribution in [3.8, 4) is 0 Å². The number of carbonyl (C=O) groups excluding carboxylic acids is 1. The van der Waals surface area contributed by atoms with E-state index in [1.165, 1.54) is 0 Å². The predicted molar refractivity (Wildman–Crippen MR) is 74.6 cm³/mol. The second-order valence-electron chi connectivity index (χ2n) is 5.58. The molecule has 19 heavy (non-hydrogen) atoms. The van der Waals surface area contributed by atoms with Crippen LogP contribution in [0.4, 0.5) is 10.6 Å². The lowest BCUT2D eigenvalue weighted by Gasteiger charge is -2.40. The molecule has 0 radical (unpaired) electrons.